The summed E-state index contributed by atoms with van der Waals surface area (Å²) < 4.78 is 104. The van der Waals surface area contributed by atoms with Gasteiger partial charge in [-0.2, -0.15) is 9.98 Å². The number of benzene rings is 4. The number of thiophene rings is 1. The third kappa shape index (κ3) is 10.9. The third-order valence-electron chi connectivity index (χ3n) is 8.54. The van der Waals surface area contributed by atoms with Gasteiger partial charge in [-0.05, 0) is 73.4 Å². The molecule has 0 radical (unpaired) electrons. The van der Waals surface area contributed by atoms with Gasteiger partial charge in [-0.1, -0.05) is 6.92 Å². The Balaban J connectivity index is 1.36. The highest BCUT2D eigenvalue weighted by molar-refractivity contribution is 7.92. The molecular formula is C38H36F3N4O13PS2. The second-order valence-electron chi connectivity index (χ2n) is 12.8. The number of hydrogen-bond acceptors (Lipinski definition) is 14. The van der Waals surface area contributed by atoms with Gasteiger partial charge < -0.3 is 50.0 Å². The molecule has 1 heterocycles. The van der Waals surface area contributed by atoms with E-state index in [1.165, 1.54) is 19.1 Å². The molecule has 0 aliphatic carbocycles. The molecule has 5 aromatic rings. The lowest BCUT2D eigenvalue weighted by Crippen LogP contribution is -2.26. The van der Waals surface area contributed by atoms with Crippen molar-refractivity contribution in [2.24, 2.45) is 0 Å². The number of nitrogens with zero attached hydrogens (tertiary/aromatic N) is 1. The predicted molar refractivity (Wildman–Crippen MR) is 212 cm³/mol. The molecule has 0 spiro atoms. The first-order chi connectivity index (χ1) is 28.9. The van der Waals surface area contributed by atoms with Crippen molar-refractivity contribution >= 4 is 50.9 Å². The number of carbonyl (C=O) groups excluding carboxylic acids is 2. The Bertz CT molecular complexity index is 2690. The number of nitrogens with one attached hydrogen (secondary N) is 3. The van der Waals surface area contributed by atoms with Crippen molar-refractivity contribution in [2.75, 3.05) is 32.6 Å². The number of halogens is 3. The number of ether oxygens (including phenoxy) is 2. The van der Waals surface area contributed by atoms with Gasteiger partial charge >= 0.3 is 7.60 Å². The maximum Gasteiger partial charge on any atom is 0.391 e. The van der Waals surface area contributed by atoms with E-state index in [9.17, 15) is 52.3 Å². The van der Waals surface area contributed by atoms with Gasteiger partial charge in [-0.3, -0.25) is 9.59 Å². The minimum atomic E-state index is -4.88. The molecular weight excluding hydrogens is 873 g/mol. The van der Waals surface area contributed by atoms with Crippen LogP contribution in [0.5, 0.6) is 40.2 Å². The van der Waals surface area contributed by atoms with E-state index in [1.54, 1.807) is 6.07 Å². The minimum Gasteiger partial charge on any atom is -0.504 e. The van der Waals surface area contributed by atoms with Crippen molar-refractivity contribution in [3.8, 4) is 46.3 Å². The molecule has 61 heavy (non-hydrogen) atoms. The van der Waals surface area contributed by atoms with Crippen molar-refractivity contribution in [3.05, 3.63) is 94.3 Å². The normalized spacial score (nSPS) is 12.3. The lowest BCUT2D eigenvalue weighted by Gasteiger charge is -2.16. The summed E-state index contributed by atoms with van der Waals surface area (Å²) in [6.07, 6.45) is -1.42. The number of fused-ring (bicyclic) bond motifs is 1. The molecule has 0 saturated carbocycles. The Morgan fingerprint density at radius 2 is 1.36 bits per heavy atom. The standard InChI is InChI=1S/C38H36F3N4O13PS2/c1-2-24-30-31(40)33(56-13-3-11-43-36(50)20-6-9-26(46)28(48)15-20)34(57-14-4-12-44-37(51)21-7-10-27(47)29(49)16-21)32(41)35(30)60-38(24)61(54,55)45-19-59(52,53)58-23-8-5-22(18-42)25(39)17-23/h5-10,15-17,45-49H,2-4,11-14,19H2,1H3,(H,43,50)(H,44,51)(H,52,53). The Labute approximate surface area is 349 Å². The van der Waals surface area contributed by atoms with Crippen molar-refractivity contribution in [3.63, 3.8) is 0 Å². The third-order valence-corrected chi connectivity index (χ3v) is 13.0. The Morgan fingerprint density at radius 1 is 0.820 bits per heavy atom. The van der Waals surface area contributed by atoms with E-state index in [2.05, 4.69) is 10.6 Å². The summed E-state index contributed by atoms with van der Waals surface area (Å²) in [5.74, 6) is -8.69. The smallest absolute Gasteiger partial charge is 0.391 e. The number of carbonyl (C=O) groups is 2. The molecule has 0 aliphatic rings. The molecule has 17 nitrogen and oxygen atoms in total. The number of aromatic hydroxyl groups is 4. The maximum atomic E-state index is 16.6. The molecule has 0 saturated heterocycles. The molecule has 324 valence electrons. The van der Waals surface area contributed by atoms with E-state index in [-0.39, 0.29) is 67.8 Å². The SMILES string of the molecule is CCc1c(S(=O)(=O)NCP(=O)(O)Oc2ccc(C#N)c(F)c2)sc2c(F)c(OCCCNC(=O)c3ccc(O)c(O)c3)c(OCCCNC(=O)c3ccc(O)c(O)c3)c(F)c12. The van der Waals surface area contributed by atoms with Crippen LogP contribution in [0.1, 0.15) is 51.6 Å². The van der Waals surface area contributed by atoms with Crippen molar-refractivity contribution < 1.29 is 75.1 Å². The van der Waals surface area contributed by atoms with Crippen LogP contribution in [-0.2, 0) is 21.0 Å². The van der Waals surface area contributed by atoms with Gasteiger partial charge in [-0.25, -0.2) is 26.2 Å². The highest BCUT2D eigenvalue weighted by atomic mass is 32.2. The maximum absolute atomic E-state index is 16.6. The van der Waals surface area contributed by atoms with Crippen molar-refractivity contribution in [1.82, 2.24) is 15.4 Å². The molecule has 0 aliphatic heterocycles. The molecule has 5 rings (SSSR count). The summed E-state index contributed by atoms with van der Waals surface area (Å²) in [5, 5.41) is 51.8. The number of rotatable bonds is 19. The van der Waals surface area contributed by atoms with E-state index in [1.807, 2.05) is 4.72 Å². The first kappa shape index (κ1) is 45.8. The monoisotopic (exact) mass is 908 g/mol. The van der Waals surface area contributed by atoms with E-state index < -0.39 is 108 Å². The first-order valence-electron chi connectivity index (χ1n) is 17.9. The largest absolute Gasteiger partial charge is 0.504 e. The van der Waals surface area contributed by atoms with Crippen LogP contribution in [0.15, 0.2) is 58.8 Å². The second-order valence-corrected chi connectivity index (χ2v) is 17.6. The Morgan fingerprint density at radius 3 is 1.85 bits per heavy atom. The number of sulfonamides is 1. The van der Waals surface area contributed by atoms with E-state index in [0.717, 1.165) is 36.4 Å². The number of phenols is 4. The minimum absolute atomic E-state index is 0.0133. The number of aryl methyl sites for hydroxylation is 1. The highest BCUT2D eigenvalue weighted by Gasteiger charge is 2.33. The first-order valence-corrected chi connectivity index (χ1v) is 22.0. The topological polar surface area (TPSA) is 274 Å². The molecule has 0 fully saturated rings. The molecule has 1 atom stereocenters. The van der Waals surface area contributed by atoms with Crippen LogP contribution in [-0.4, -0.2) is 78.1 Å². The summed E-state index contributed by atoms with van der Waals surface area (Å²) in [5.41, 5.74) is -0.571. The van der Waals surface area contributed by atoms with Crippen LogP contribution in [0, 0.1) is 28.8 Å². The van der Waals surface area contributed by atoms with Crippen LogP contribution >= 0.6 is 18.9 Å². The number of phenolic OH excluding ortho intramolecular Hbond substituents is 4. The summed E-state index contributed by atoms with van der Waals surface area (Å²) in [6, 6.07) is 11.0. The zero-order valence-corrected chi connectivity index (χ0v) is 34.2. The van der Waals surface area contributed by atoms with Gasteiger partial charge in [0.05, 0.1) is 23.5 Å². The lowest BCUT2D eigenvalue weighted by molar-refractivity contribution is 0.0942. The zero-order chi connectivity index (χ0) is 44.6. The summed E-state index contributed by atoms with van der Waals surface area (Å²) >= 11 is 0.292. The van der Waals surface area contributed by atoms with Crippen LogP contribution < -0.4 is 29.4 Å². The fourth-order valence-electron chi connectivity index (χ4n) is 5.55. The summed E-state index contributed by atoms with van der Waals surface area (Å²) in [6.45, 7) is 0.636. The average molecular weight is 909 g/mol. The molecule has 2 amide bonds. The van der Waals surface area contributed by atoms with Crippen LogP contribution in [0.2, 0.25) is 0 Å². The Hall–Kier alpha value is -6.24. The molecule has 1 aromatic heterocycles. The second kappa shape index (κ2) is 19.4. The van der Waals surface area contributed by atoms with E-state index in [0.29, 0.717) is 17.4 Å². The van der Waals surface area contributed by atoms with Gasteiger partial charge in [0.15, 0.2) is 34.6 Å². The number of amides is 2. The van der Waals surface area contributed by atoms with Crippen molar-refractivity contribution in [2.45, 2.75) is 30.4 Å². The van der Waals surface area contributed by atoms with Crippen molar-refractivity contribution in [1.29, 1.82) is 5.26 Å². The van der Waals surface area contributed by atoms with Crippen LogP contribution in [0.25, 0.3) is 10.1 Å². The Kier molecular flexibility index (Phi) is 14.6. The number of hydrogen-bond donors (Lipinski definition) is 8. The lowest BCUT2D eigenvalue weighted by atomic mass is 10.1. The van der Waals surface area contributed by atoms with Gasteiger partial charge in [0.1, 0.15) is 28.1 Å². The fourth-order valence-corrected chi connectivity index (χ4v) is 10.0. The highest BCUT2D eigenvalue weighted by Crippen LogP contribution is 2.48. The molecule has 0 bridgehead atoms. The zero-order valence-electron chi connectivity index (χ0n) is 31.7. The van der Waals surface area contributed by atoms with Gasteiger partial charge in [0.25, 0.3) is 21.8 Å². The van der Waals surface area contributed by atoms with Gasteiger partial charge in [0.2, 0.25) is 11.5 Å². The molecule has 8 N–H and O–H groups in total. The van der Waals surface area contributed by atoms with Gasteiger partial charge in [0, 0.05) is 35.7 Å². The summed E-state index contributed by atoms with van der Waals surface area (Å²) in [4.78, 5) is 35.4. The molecule has 4 aromatic carbocycles. The van der Waals surface area contributed by atoms with E-state index in [4.69, 9.17) is 19.3 Å². The van der Waals surface area contributed by atoms with Crippen LogP contribution in [0.3, 0.4) is 0 Å². The average Bonchev–Trinajstić information content (AvgIpc) is 3.63. The summed E-state index contributed by atoms with van der Waals surface area (Å²) in [7, 11) is -9.68. The fraction of sp³-hybridized carbons (Fsp3) is 0.237. The van der Waals surface area contributed by atoms with E-state index >= 15 is 8.78 Å². The predicted octanol–water partition coefficient (Wildman–Crippen LogP) is 5.47. The molecule has 1 unspecified atom stereocenters. The number of nitriles is 1. The molecule has 23 heteroatoms. The van der Waals surface area contributed by atoms with Crippen LogP contribution in [0.4, 0.5) is 13.2 Å². The quantitative estimate of drug-likeness (QED) is 0.0290. The van der Waals surface area contributed by atoms with Gasteiger partial charge in [-0.15, -0.1) is 11.3 Å².